The third-order valence-electron chi connectivity index (χ3n) is 4.77. The predicted octanol–water partition coefficient (Wildman–Crippen LogP) is 2.68. The molecule has 1 N–H and O–H groups in total. The van der Waals surface area contributed by atoms with Gasteiger partial charge in [-0.2, -0.15) is 4.98 Å². The van der Waals surface area contributed by atoms with E-state index in [1.807, 2.05) is 26.0 Å². The third kappa shape index (κ3) is 3.79. The number of aryl methyl sites for hydroxylation is 3. The van der Waals surface area contributed by atoms with Gasteiger partial charge in [0.25, 0.3) is 5.71 Å². The summed E-state index contributed by atoms with van der Waals surface area (Å²) in [5.41, 5.74) is 1.29. The summed E-state index contributed by atoms with van der Waals surface area (Å²) >= 11 is 0. The standard InChI is InChI=1S/C19H23N5O3/c1-12-5-6-14(26-12)11-20-16(25)8-7-15-21-18(24-9-3-4-10-24)17-13(2)23-27-19(17)22-15/h5-6H,3-4,7-11H2,1-2H3,(H,20,25). The molecular weight excluding hydrogens is 346 g/mol. The number of amides is 1. The van der Waals surface area contributed by atoms with Crippen LogP contribution in [0.25, 0.3) is 11.1 Å². The minimum atomic E-state index is -0.0655. The molecule has 0 spiro atoms. The topological polar surface area (TPSA) is 97.3 Å². The van der Waals surface area contributed by atoms with Crippen LogP contribution in [-0.2, 0) is 17.8 Å². The van der Waals surface area contributed by atoms with Gasteiger partial charge < -0.3 is 19.2 Å². The van der Waals surface area contributed by atoms with Gasteiger partial charge in [0.15, 0.2) is 0 Å². The van der Waals surface area contributed by atoms with Gasteiger partial charge >= 0.3 is 0 Å². The van der Waals surface area contributed by atoms with Gasteiger partial charge in [-0.1, -0.05) is 5.16 Å². The highest BCUT2D eigenvalue weighted by atomic mass is 16.5. The van der Waals surface area contributed by atoms with Crippen molar-refractivity contribution in [2.45, 2.75) is 46.1 Å². The lowest BCUT2D eigenvalue weighted by Gasteiger charge is -2.17. The van der Waals surface area contributed by atoms with Gasteiger partial charge in [-0.25, -0.2) is 4.98 Å². The van der Waals surface area contributed by atoms with E-state index in [1.165, 1.54) is 0 Å². The Kier molecular flexibility index (Phi) is 4.79. The van der Waals surface area contributed by atoms with E-state index in [0.29, 0.717) is 30.9 Å². The van der Waals surface area contributed by atoms with Crippen molar-refractivity contribution in [2.75, 3.05) is 18.0 Å². The van der Waals surface area contributed by atoms with Crippen LogP contribution in [0.3, 0.4) is 0 Å². The number of nitrogens with one attached hydrogen (secondary N) is 1. The van der Waals surface area contributed by atoms with Crippen molar-refractivity contribution in [3.8, 4) is 0 Å². The molecule has 0 bridgehead atoms. The zero-order valence-corrected chi connectivity index (χ0v) is 15.6. The van der Waals surface area contributed by atoms with E-state index in [2.05, 4.69) is 20.4 Å². The zero-order chi connectivity index (χ0) is 18.8. The predicted molar refractivity (Wildman–Crippen MR) is 99.4 cm³/mol. The smallest absolute Gasteiger partial charge is 0.263 e. The minimum absolute atomic E-state index is 0.0655. The van der Waals surface area contributed by atoms with Crippen LogP contribution in [-0.4, -0.2) is 34.1 Å². The van der Waals surface area contributed by atoms with E-state index in [0.717, 1.165) is 54.3 Å². The third-order valence-corrected chi connectivity index (χ3v) is 4.77. The molecule has 142 valence electrons. The van der Waals surface area contributed by atoms with E-state index in [4.69, 9.17) is 13.9 Å². The molecule has 8 nitrogen and oxygen atoms in total. The number of rotatable bonds is 6. The summed E-state index contributed by atoms with van der Waals surface area (Å²) in [5, 5.41) is 7.77. The van der Waals surface area contributed by atoms with Crippen molar-refractivity contribution < 1.29 is 13.7 Å². The quantitative estimate of drug-likeness (QED) is 0.713. The highest BCUT2D eigenvalue weighted by Gasteiger charge is 2.22. The lowest BCUT2D eigenvalue weighted by molar-refractivity contribution is -0.121. The monoisotopic (exact) mass is 369 g/mol. The molecule has 0 aliphatic carbocycles. The molecule has 3 aromatic rings. The number of carbonyl (C=O) groups is 1. The Morgan fingerprint density at radius 2 is 2.04 bits per heavy atom. The lowest BCUT2D eigenvalue weighted by atomic mass is 10.2. The summed E-state index contributed by atoms with van der Waals surface area (Å²) in [5.74, 6) is 2.98. The summed E-state index contributed by atoms with van der Waals surface area (Å²) in [6, 6.07) is 3.74. The summed E-state index contributed by atoms with van der Waals surface area (Å²) in [7, 11) is 0. The maximum Gasteiger partial charge on any atom is 0.263 e. The number of hydrogen-bond acceptors (Lipinski definition) is 7. The van der Waals surface area contributed by atoms with Crippen LogP contribution in [0, 0.1) is 13.8 Å². The van der Waals surface area contributed by atoms with Crippen molar-refractivity contribution in [1.82, 2.24) is 20.4 Å². The second-order valence-electron chi connectivity index (χ2n) is 6.89. The van der Waals surface area contributed by atoms with Crippen molar-refractivity contribution >= 4 is 22.8 Å². The highest BCUT2D eigenvalue weighted by Crippen LogP contribution is 2.29. The molecule has 0 saturated carbocycles. The molecule has 3 aromatic heterocycles. The molecule has 0 aromatic carbocycles. The summed E-state index contributed by atoms with van der Waals surface area (Å²) in [4.78, 5) is 23.6. The fraction of sp³-hybridized carbons (Fsp3) is 0.474. The van der Waals surface area contributed by atoms with Gasteiger partial charge in [-0.15, -0.1) is 0 Å². The van der Waals surface area contributed by atoms with Crippen LogP contribution in [0.4, 0.5) is 5.82 Å². The minimum Gasteiger partial charge on any atom is -0.465 e. The van der Waals surface area contributed by atoms with Gasteiger partial charge in [-0.05, 0) is 38.8 Å². The van der Waals surface area contributed by atoms with Gasteiger partial charge in [0.05, 0.1) is 12.2 Å². The molecule has 1 saturated heterocycles. The van der Waals surface area contributed by atoms with Crippen LogP contribution < -0.4 is 10.2 Å². The molecule has 8 heteroatoms. The first-order valence-corrected chi connectivity index (χ1v) is 9.30. The van der Waals surface area contributed by atoms with Gasteiger partial charge in [0, 0.05) is 25.9 Å². The molecule has 4 heterocycles. The van der Waals surface area contributed by atoms with E-state index in [9.17, 15) is 4.79 Å². The van der Waals surface area contributed by atoms with Crippen molar-refractivity contribution in [1.29, 1.82) is 0 Å². The fourth-order valence-corrected chi connectivity index (χ4v) is 3.36. The first-order valence-electron chi connectivity index (χ1n) is 9.30. The highest BCUT2D eigenvalue weighted by molar-refractivity contribution is 5.88. The first-order chi connectivity index (χ1) is 13.1. The van der Waals surface area contributed by atoms with Crippen molar-refractivity contribution in [3.63, 3.8) is 0 Å². The summed E-state index contributed by atoms with van der Waals surface area (Å²) < 4.78 is 10.8. The van der Waals surface area contributed by atoms with Crippen LogP contribution in [0.5, 0.6) is 0 Å². The molecule has 1 amide bonds. The largest absolute Gasteiger partial charge is 0.465 e. The van der Waals surface area contributed by atoms with E-state index >= 15 is 0 Å². The molecule has 1 aliphatic rings. The Morgan fingerprint density at radius 1 is 1.22 bits per heavy atom. The van der Waals surface area contributed by atoms with E-state index in [-0.39, 0.29) is 5.91 Å². The maximum atomic E-state index is 12.2. The normalized spacial score (nSPS) is 14.2. The maximum absolute atomic E-state index is 12.2. The summed E-state index contributed by atoms with van der Waals surface area (Å²) in [6.45, 7) is 6.10. The van der Waals surface area contributed by atoms with Crippen LogP contribution in [0.2, 0.25) is 0 Å². The molecular formula is C19H23N5O3. The number of nitrogens with zero attached hydrogens (tertiary/aromatic N) is 4. The Bertz CT molecular complexity index is 956. The average Bonchev–Trinajstić information content (AvgIpc) is 3.40. The Balaban J connectivity index is 1.44. The second kappa shape index (κ2) is 7.38. The van der Waals surface area contributed by atoms with E-state index in [1.54, 1.807) is 0 Å². The van der Waals surface area contributed by atoms with Crippen molar-refractivity contribution in [2.24, 2.45) is 0 Å². The summed E-state index contributed by atoms with van der Waals surface area (Å²) in [6.07, 6.45) is 3.05. The molecule has 0 atom stereocenters. The molecule has 1 aliphatic heterocycles. The lowest BCUT2D eigenvalue weighted by Crippen LogP contribution is -2.23. The van der Waals surface area contributed by atoms with Gasteiger partial charge in [0.1, 0.15) is 28.5 Å². The molecule has 0 unspecified atom stereocenters. The number of furan rings is 1. The van der Waals surface area contributed by atoms with Gasteiger partial charge in [-0.3, -0.25) is 4.79 Å². The average molecular weight is 369 g/mol. The second-order valence-corrected chi connectivity index (χ2v) is 6.89. The van der Waals surface area contributed by atoms with Gasteiger partial charge in [0.2, 0.25) is 5.91 Å². The van der Waals surface area contributed by atoms with Crippen LogP contribution in [0.15, 0.2) is 21.1 Å². The number of hydrogen-bond donors (Lipinski definition) is 1. The molecule has 27 heavy (non-hydrogen) atoms. The van der Waals surface area contributed by atoms with Crippen molar-refractivity contribution in [3.05, 3.63) is 35.2 Å². The number of fused-ring (bicyclic) bond motifs is 1. The van der Waals surface area contributed by atoms with Crippen LogP contribution >= 0.6 is 0 Å². The van der Waals surface area contributed by atoms with E-state index < -0.39 is 0 Å². The SMILES string of the molecule is Cc1ccc(CNC(=O)CCc2nc(N3CCCC3)c3c(C)noc3n2)o1. The Labute approximate surface area is 156 Å². The fourth-order valence-electron chi connectivity index (χ4n) is 3.36. The zero-order valence-electron chi connectivity index (χ0n) is 15.6. The first kappa shape index (κ1) is 17.5. The molecule has 4 rings (SSSR count). The molecule has 1 fully saturated rings. The Morgan fingerprint density at radius 3 is 2.78 bits per heavy atom. The number of aromatic nitrogens is 3. The Hall–Kier alpha value is -2.90. The number of anilines is 1. The molecule has 0 radical (unpaired) electrons. The number of carbonyl (C=O) groups excluding carboxylic acids is 1. The van der Waals surface area contributed by atoms with Crippen LogP contribution in [0.1, 0.15) is 42.3 Å².